The van der Waals surface area contributed by atoms with Crippen molar-refractivity contribution in [3.05, 3.63) is 73.8 Å². The molecule has 1 aliphatic rings. The van der Waals surface area contributed by atoms with Gasteiger partial charge in [-0.15, -0.1) is 0 Å². The second-order valence-corrected chi connectivity index (χ2v) is 8.12. The summed E-state index contributed by atoms with van der Waals surface area (Å²) in [6.45, 7) is 5.34. The fourth-order valence-electron chi connectivity index (χ4n) is 3.35. The average molecular weight is 438 g/mol. The van der Waals surface area contributed by atoms with Gasteiger partial charge in [0.1, 0.15) is 11.7 Å². The Morgan fingerprint density at radius 2 is 2.03 bits per heavy atom. The van der Waals surface area contributed by atoms with Crippen LogP contribution < -0.4 is 10.7 Å². The zero-order chi connectivity index (χ0) is 23.0. The van der Waals surface area contributed by atoms with E-state index in [0.29, 0.717) is 17.4 Å². The molecule has 4 rings (SSSR count). The van der Waals surface area contributed by atoms with Gasteiger partial charge < -0.3 is 9.84 Å². The Kier molecular flexibility index (Phi) is 5.56. The highest BCUT2D eigenvalue weighted by Gasteiger charge is 2.32. The predicted molar refractivity (Wildman–Crippen MR) is 113 cm³/mol. The number of nitro benzene ring substituents is 1. The van der Waals surface area contributed by atoms with Crippen molar-refractivity contribution in [1.82, 2.24) is 25.2 Å². The minimum absolute atomic E-state index is 0.102. The smallest absolute Gasteiger partial charge is 0.294 e. The largest absolute Gasteiger partial charge is 0.338 e. The van der Waals surface area contributed by atoms with E-state index in [-0.39, 0.29) is 28.9 Å². The Morgan fingerprint density at radius 1 is 1.31 bits per heavy atom. The van der Waals surface area contributed by atoms with Crippen molar-refractivity contribution in [1.29, 1.82) is 0 Å². The van der Waals surface area contributed by atoms with E-state index in [1.54, 1.807) is 13.0 Å². The monoisotopic (exact) mass is 438 g/mol. The summed E-state index contributed by atoms with van der Waals surface area (Å²) >= 11 is 0. The first-order chi connectivity index (χ1) is 15.3. The van der Waals surface area contributed by atoms with Gasteiger partial charge in [0.2, 0.25) is 11.3 Å². The molecule has 1 aliphatic carbocycles. The lowest BCUT2D eigenvalue weighted by Crippen LogP contribution is -2.36. The molecule has 32 heavy (non-hydrogen) atoms. The maximum Gasteiger partial charge on any atom is 0.294 e. The van der Waals surface area contributed by atoms with Gasteiger partial charge in [-0.3, -0.25) is 19.7 Å². The van der Waals surface area contributed by atoms with Gasteiger partial charge in [-0.1, -0.05) is 31.1 Å². The van der Waals surface area contributed by atoms with Gasteiger partial charge in [0, 0.05) is 23.7 Å². The molecule has 1 fully saturated rings. The van der Waals surface area contributed by atoms with Gasteiger partial charge in [-0.2, -0.15) is 10.1 Å². The van der Waals surface area contributed by atoms with Crippen LogP contribution in [0.25, 0.3) is 5.69 Å². The number of aromatic nitrogens is 4. The number of para-hydroxylation sites is 2. The minimum atomic E-state index is -0.729. The van der Waals surface area contributed by atoms with Gasteiger partial charge in [0.05, 0.1) is 4.92 Å². The van der Waals surface area contributed by atoms with Crippen molar-refractivity contribution in [2.75, 3.05) is 0 Å². The SMILES string of the molecule is Cc1cc(=O)c(C(=O)NC(c2nc(C3CC3)no2)C(C)C)nn1-c1ccccc1[N+](=O)[O-]. The summed E-state index contributed by atoms with van der Waals surface area (Å²) in [6, 6.07) is 6.57. The normalized spacial score (nSPS) is 14.4. The number of benzene rings is 1. The van der Waals surface area contributed by atoms with Crippen molar-refractivity contribution in [2.24, 2.45) is 5.92 Å². The highest BCUT2D eigenvalue weighted by molar-refractivity contribution is 5.92. The van der Waals surface area contributed by atoms with Gasteiger partial charge in [-0.25, -0.2) is 4.68 Å². The van der Waals surface area contributed by atoms with E-state index in [2.05, 4.69) is 20.6 Å². The number of carbonyl (C=O) groups is 1. The highest BCUT2D eigenvalue weighted by atomic mass is 16.6. The zero-order valence-corrected chi connectivity index (χ0v) is 17.8. The minimum Gasteiger partial charge on any atom is -0.338 e. The average Bonchev–Trinajstić information content (AvgIpc) is 3.49. The molecule has 3 aromatic rings. The summed E-state index contributed by atoms with van der Waals surface area (Å²) in [4.78, 5) is 40.8. The van der Waals surface area contributed by atoms with Gasteiger partial charge >= 0.3 is 0 Å². The molecule has 2 aromatic heterocycles. The van der Waals surface area contributed by atoms with Crippen LogP contribution in [0.15, 0.2) is 39.6 Å². The summed E-state index contributed by atoms with van der Waals surface area (Å²) in [5.74, 6) is 0.346. The molecule has 0 bridgehead atoms. The van der Waals surface area contributed by atoms with Crippen LogP contribution in [-0.2, 0) is 0 Å². The van der Waals surface area contributed by atoms with E-state index in [0.717, 1.165) is 12.8 Å². The first-order valence-corrected chi connectivity index (χ1v) is 10.3. The maximum absolute atomic E-state index is 13.0. The first-order valence-electron chi connectivity index (χ1n) is 10.3. The van der Waals surface area contributed by atoms with Crippen LogP contribution in [0, 0.1) is 23.0 Å². The molecule has 166 valence electrons. The van der Waals surface area contributed by atoms with Crippen molar-refractivity contribution in [3.8, 4) is 5.69 Å². The number of rotatable bonds is 7. The molecular formula is C21H22N6O5. The number of nitro groups is 1. The number of carbonyl (C=O) groups excluding carboxylic acids is 1. The zero-order valence-electron chi connectivity index (χ0n) is 17.8. The van der Waals surface area contributed by atoms with Crippen molar-refractivity contribution >= 4 is 11.6 Å². The standard InChI is InChI=1S/C21H22N6O5/c1-11(2)17(21-23-19(25-32-21)13-8-9-13)22-20(29)18-16(28)10-12(3)26(24-18)14-6-4-5-7-15(14)27(30)31/h4-7,10-11,13,17H,8-9H2,1-3H3,(H,22,29). The Hall–Kier alpha value is -3.89. The molecule has 1 unspecified atom stereocenters. The summed E-state index contributed by atoms with van der Waals surface area (Å²) < 4.78 is 6.58. The second-order valence-electron chi connectivity index (χ2n) is 8.12. The van der Waals surface area contributed by atoms with E-state index in [9.17, 15) is 19.7 Å². The second kappa shape index (κ2) is 8.33. The van der Waals surface area contributed by atoms with E-state index in [4.69, 9.17) is 4.52 Å². The lowest BCUT2D eigenvalue weighted by molar-refractivity contribution is -0.384. The van der Waals surface area contributed by atoms with Crippen molar-refractivity contribution in [2.45, 2.75) is 45.6 Å². The van der Waals surface area contributed by atoms with E-state index in [1.165, 1.54) is 28.9 Å². The Balaban J connectivity index is 1.68. The molecule has 1 amide bonds. The number of nitrogens with zero attached hydrogens (tertiary/aromatic N) is 5. The Labute approximate surface area is 182 Å². The third kappa shape index (κ3) is 4.13. The van der Waals surface area contributed by atoms with Crippen LogP contribution in [0.2, 0.25) is 0 Å². The number of aryl methyl sites for hydroxylation is 1. The molecule has 1 atom stereocenters. The topological polar surface area (TPSA) is 146 Å². The van der Waals surface area contributed by atoms with E-state index in [1.807, 2.05) is 13.8 Å². The van der Waals surface area contributed by atoms with E-state index >= 15 is 0 Å². The summed E-state index contributed by atoms with van der Waals surface area (Å²) in [5.41, 5.74) is -0.679. The molecule has 0 aliphatic heterocycles. The predicted octanol–water partition coefficient (Wildman–Crippen LogP) is 2.84. The molecular weight excluding hydrogens is 416 g/mol. The highest BCUT2D eigenvalue weighted by Crippen LogP contribution is 2.38. The fourth-order valence-corrected chi connectivity index (χ4v) is 3.35. The van der Waals surface area contributed by atoms with Crippen LogP contribution in [0.5, 0.6) is 0 Å². The Bertz CT molecular complexity index is 1240. The molecule has 1 N–H and O–H groups in total. The van der Waals surface area contributed by atoms with Crippen LogP contribution in [-0.4, -0.2) is 30.8 Å². The van der Waals surface area contributed by atoms with Gasteiger partial charge in [0.15, 0.2) is 11.5 Å². The van der Waals surface area contributed by atoms with Crippen molar-refractivity contribution < 1.29 is 14.2 Å². The molecule has 1 saturated carbocycles. The Morgan fingerprint density at radius 3 is 2.69 bits per heavy atom. The van der Waals surface area contributed by atoms with Gasteiger partial charge in [-0.05, 0) is 31.7 Å². The lowest BCUT2D eigenvalue weighted by Gasteiger charge is -2.18. The number of amides is 1. The summed E-state index contributed by atoms with van der Waals surface area (Å²) in [7, 11) is 0. The number of hydrogen-bond acceptors (Lipinski definition) is 8. The van der Waals surface area contributed by atoms with Gasteiger partial charge in [0.25, 0.3) is 11.6 Å². The number of hydrogen-bond donors (Lipinski definition) is 1. The molecule has 0 saturated heterocycles. The molecule has 0 spiro atoms. The van der Waals surface area contributed by atoms with Crippen molar-refractivity contribution in [3.63, 3.8) is 0 Å². The van der Waals surface area contributed by atoms with Crippen LogP contribution in [0.4, 0.5) is 5.69 Å². The summed E-state index contributed by atoms with van der Waals surface area (Å²) in [5, 5.41) is 22.3. The maximum atomic E-state index is 13.0. The third-order valence-electron chi connectivity index (χ3n) is 5.25. The third-order valence-corrected chi connectivity index (χ3v) is 5.25. The fraction of sp³-hybridized carbons (Fsp3) is 0.381. The molecule has 11 nitrogen and oxygen atoms in total. The quantitative estimate of drug-likeness (QED) is 0.438. The van der Waals surface area contributed by atoms with Crippen LogP contribution in [0.1, 0.15) is 66.5 Å². The molecule has 0 radical (unpaired) electrons. The summed E-state index contributed by atoms with van der Waals surface area (Å²) in [6.07, 6.45) is 2.02. The number of nitrogens with one attached hydrogen (secondary N) is 1. The molecule has 11 heteroatoms. The van der Waals surface area contributed by atoms with Crippen LogP contribution >= 0.6 is 0 Å². The molecule has 2 heterocycles. The van der Waals surface area contributed by atoms with Crippen LogP contribution in [0.3, 0.4) is 0 Å². The lowest BCUT2D eigenvalue weighted by atomic mass is 10.0. The first kappa shape index (κ1) is 21.3. The van der Waals surface area contributed by atoms with E-state index < -0.39 is 22.3 Å². The molecule has 1 aromatic carbocycles.